The van der Waals surface area contributed by atoms with Gasteiger partial charge in [0.2, 0.25) is 0 Å². The minimum atomic E-state index is 0.673. The maximum atomic E-state index is 4.54. The molecule has 1 N–H and O–H groups in total. The molecule has 1 aromatic rings. The van der Waals surface area contributed by atoms with Crippen molar-refractivity contribution in [2.75, 3.05) is 26.7 Å². The molecule has 0 bridgehead atoms. The molecular weight excluding hydrogens is 222 g/mol. The van der Waals surface area contributed by atoms with Crippen LogP contribution in [0, 0.1) is 12.8 Å². The summed E-state index contributed by atoms with van der Waals surface area (Å²) in [5.74, 6) is 0.673. The Labute approximate surface area is 112 Å². The summed E-state index contributed by atoms with van der Waals surface area (Å²) >= 11 is 0. The SMILES string of the molecule is CCCNCC(C)CN(C)Cc1cccc(C)n1. The molecule has 1 aromatic heterocycles. The lowest BCUT2D eigenvalue weighted by molar-refractivity contribution is 0.271. The smallest absolute Gasteiger partial charge is 0.0547 e. The zero-order valence-electron chi connectivity index (χ0n) is 12.2. The average Bonchev–Trinajstić information content (AvgIpc) is 2.29. The van der Waals surface area contributed by atoms with Crippen molar-refractivity contribution in [2.45, 2.75) is 33.7 Å². The van der Waals surface area contributed by atoms with Crippen LogP contribution in [-0.2, 0) is 6.54 Å². The van der Waals surface area contributed by atoms with Crippen molar-refractivity contribution in [1.29, 1.82) is 0 Å². The maximum absolute atomic E-state index is 4.54. The van der Waals surface area contributed by atoms with Crippen molar-refractivity contribution < 1.29 is 0 Å². The van der Waals surface area contributed by atoms with Crippen molar-refractivity contribution >= 4 is 0 Å². The fourth-order valence-corrected chi connectivity index (χ4v) is 2.15. The minimum Gasteiger partial charge on any atom is -0.316 e. The summed E-state index contributed by atoms with van der Waals surface area (Å²) in [7, 11) is 2.17. The topological polar surface area (TPSA) is 28.2 Å². The van der Waals surface area contributed by atoms with Gasteiger partial charge in [0.1, 0.15) is 0 Å². The average molecular weight is 249 g/mol. The third kappa shape index (κ3) is 6.12. The van der Waals surface area contributed by atoms with Crippen LogP contribution >= 0.6 is 0 Å². The Kier molecular flexibility index (Phi) is 6.91. The molecular formula is C15H27N3. The second-order valence-electron chi connectivity index (χ2n) is 5.28. The Bertz CT molecular complexity index is 338. The molecule has 0 fully saturated rings. The molecule has 0 aliphatic rings. The molecule has 102 valence electrons. The number of aromatic nitrogens is 1. The van der Waals surface area contributed by atoms with Crippen LogP contribution in [-0.4, -0.2) is 36.6 Å². The monoisotopic (exact) mass is 249 g/mol. The van der Waals surface area contributed by atoms with Crippen LogP contribution in [0.5, 0.6) is 0 Å². The molecule has 0 aromatic carbocycles. The van der Waals surface area contributed by atoms with E-state index in [2.05, 4.69) is 48.2 Å². The lowest BCUT2D eigenvalue weighted by Gasteiger charge is -2.21. The van der Waals surface area contributed by atoms with E-state index in [9.17, 15) is 0 Å². The fourth-order valence-electron chi connectivity index (χ4n) is 2.15. The first kappa shape index (κ1) is 15.1. The number of hydrogen-bond acceptors (Lipinski definition) is 3. The number of hydrogen-bond donors (Lipinski definition) is 1. The molecule has 18 heavy (non-hydrogen) atoms. The molecule has 0 amide bonds. The van der Waals surface area contributed by atoms with Gasteiger partial charge in [0.15, 0.2) is 0 Å². The van der Waals surface area contributed by atoms with E-state index in [1.807, 2.05) is 13.0 Å². The van der Waals surface area contributed by atoms with Gasteiger partial charge in [-0.3, -0.25) is 4.98 Å². The van der Waals surface area contributed by atoms with Crippen LogP contribution in [0.25, 0.3) is 0 Å². The Hall–Kier alpha value is -0.930. The summed E-state index contributed by atoms with van der Waals surface area (Å²) in [6, 6.07) is 6.22. The predicted octanol–water partition coefficient (Wildman–Crippen LogP) is 2.46. The molecule has 0 saturated heterocycles. The second kappa shape index (κ2) is 8.22. The number of nitrogens with zero attached hydrogens (tertiary/aromatic N) is 2. The molecule has 0 radical (unpaired) electrons. The zero-order chi connectivity index (χ0) is 13.4. The first-order chi connectivity index (χ1) is 8.61. The highest BCUT2D eigenvalue weighted by molar-refractivity contribution is 5.09. The first-order valence-corrected chi connectivity index (χ1v) is 6.93. The highest BCUT2D eigenvalue weighted by atomic mass is 15.1. The van der Waals surface area contributed by atoms with Crippen LogP contribution in [0.3, 0.4) is 0 Å². The summed E-state index contributed by atoms with van der Waals surface area (Å²) in [5, 5.41) is 3.47. The van der Waals surface area contributed by atoms with Gasteiger partial charge in [0, 0.05) is 18.8 Å². The van der Waals surface area contributed by atoms with Crippen LogP contribution in [0.1, 0.15) is 31.7 Å². The van der Waals surface area contributed by atoms with Crippen molar-refractivity contribution in [2.24, 2.45) is 5.92 Å². The summed E-state index contributed by atoms with van der Waals surface area (Å²) in [6.07, 6.45) is 1.20. The van der Waals surface area contributed by atoms with Gasteiger partial charge < -0.3 is 10.2 Å². The van der Waals surface area contributed by atoms with Gasteiger partial charge in [-0.2, -0.15) is 0 Å². The quantitative estimate of drug-likeness (QED) is 0.717. The highest BCUT2D eigenvalue weighted by Gasteiger charge is 2.07. The second-order valence-corrected chi connectivity index (χ2v) is 5.28. The molecule has 0 aliphatic heterocycles. The number of pyridine rings is 1. The minimum absolute atomic E-state index is 0.673. The van der Waals surface area contributed by atoms with E-state index < -0.39 is 0 Å². The van der Waals surface area contributed by atoms with Crippen LogP contribution in [0.4, 0.5) is 0 Å². The molecule has 0 spiro atoms. The maximum Gasteiger partial charge on any atom is 0.0547 e. The third-order valence-corrected chi connectivity index (χ3v) is 2.92. The van der Waals surface area contributed by atoms with E-state index >= 15 is 0 Å². The van der Waals surface area contributed by atoms with Crippen molar-refractivity contribution in [1.82, 2.24) is 15.2 Å². The molecule has 1 atom stereocenters. The standard InChI is InChI=1S/C15H27N3/c1-5-9-16-10-13(2)11-18(4)12-15-8-6-7-14(3)17-15/h6-8,13,16H,5,9-12H2,1-4H3. The first-order valence-electron chi connectivity index (χ1n) is 6.93. The van der Waals surface area contributed by atoms with Crippen molar-refractivity contribution in [3.05, 3.63) is 29.6 Å². The van der Waals surface area contributed by atoms with Crippen LogP contribution in [0.2, 0.25) is 0 Å². The number of rotatable bonds is 8. The summed E-state index contributed by atoms with van der Waals surface area (Å²) in [5.41, 5.74) is 2.25. The van der Waals surface area contributed by atoms with Gasteiger partial charge in [-0.1, -0.05) is 19.9 Å². The van der Waals surface area contributed by atoms with Gasteiger partial charge >= 0.3 is 0 Å². The Balaban J connectivity index is 2.30. The zero-order valence-corrected chi connectivity index (χ0v) is 12.2. The Morgan fingerprint density at radius 1 is 1.39 bits per heavy atom. The Morgan fingerprint density at radius 3 is 2.83 bits per heavy atom. The third-order valence-electron chi connectivity index (χ3n) is 2.92. The van der Waals surface area contributed by atoms with Crippen LogP contribution in [0.15, 0.2) is 18.2 Å². The fraction of sp³-hybridized carbons (Fsp3) is 0.667. The summed E-state index contributed by atoms with van der Waals surface area (Å²) < 4.78 is 0. The van der Waals surface area contributed by atoms with E-state index in [1.54, 1.807) is 0 Å². The normalized spacial score (nSPS) is 12.9. The molecule has 3 heteroatoms. The van der Waals surface area contributed by atoms with Gasteiger partial charge in [-0.25, -0.2) is 0 Å². The number of nitrogens with one attached hydrogen (secondary N) is 1. The Morgan fingerprint density at radius 2 is 2.17 bits per heavy atom. The van der Waals surface area contributed by atoms with Crippen LogP contribution < -0.4 is 5.32 Å². The van der Waals surface area contributed by atoms with Gasteiger partial charge in [0.25, 0.3) is 0 Å². The van der Waals surface area contributed by atoms with E-state index in [4.69, 9.17) is 0 Å². The predicted molar refractivity (Wildman–Crippen MR) is 77.6 cm³/mol. The highest BCUT2D eigenvalue weighted by Crippen LogP contribution is 2.04. The summed E-state index contributed by atoms with van der Waals surface area (Å²) in [6.45, 7) is 10.8. The van der Waals surface area contributed by atoms with Crippen molar-refractivity contribution in [3.63, 3.8) is 0 Å². The molecule has 3 nitrogen and oxygen atoms in total. The molecule has 0 aliphatic carbocycles. The summed E-state index contributed by atoms with van der Waals surface area (Å²) in [4.78, 5) is 6.89. The van der Waals surface area contributed by atoms with E-state index in [1.165, 1.54) is 6.42 Å². The molecule has 1 unspecified atom stereocenters. The molecule has 0 saturated carbocycles. The largest absolute Gasteiger partial charge is 0.316 e. The van der Waals surface area contributed by atoms with E-state index in [0.717, 1.165) is 37.6 Å². The lowest BCUT2D eigenvalue weighted by Crippen LogP contribution is -2.31. The van der Waals surface area contributed by atoms with E-state index in [-0.39, 0.29) is 0 Å². The molecule has 1 rings (SSSR count). The van der Waals surface area contributed by atoms with Crippen molar-refractivity contribution in [3.8, 4) is 0 Å². The van der Waals surface area contributed by atoms with Gasteiger partial charge in [0.05, 0.1) is 5.69 Å². The number of aryl methyl sites for hydroxylation is 1. The lowest BCUT2D eigenvalue weighted by atomic mass is 10.1. The van der Waals surface area contributed by atoms with Gasteiger partial charge in [-0.05, 0) is 51.5 Å². The van der Waals surface area contributed by atoms with Gasteiger partial charge in [-0.15, -0.1) is 0 Å². The molecule has 1 heterocycles. The van der Waals surface area contributed by atoms with E-state index in [0.29, 0.717) is 5.92 Å².